The first-order valence-electron chi connectivity index (χ1n) is 9.68. The third kappa shape index (κ3) is 4.70. The number of carbonyl (C=O) groups excluding carboxylic acids is 2. The highest BCUT2D eigenvalue weighted by atomic mass is 32.2. The molecule has 0 bridgehead atoms. The summed E-state index contributed by atoms with van der Waals surface area (Å²) in [6.07, 6.45) is 2.92. The van der Waals surface area contributed by atoms with Gasteiger partial charge in [0.15, 0.2) is 5.76 Å². The summed E-state index contributed by atoms with van der Waals surface area (Å²) in [5.41, 5.74) is 0.385. The predicted molar refractivity (Wildman–Crippen MR) is 110 cm³/mol. The van der Waals surface area contributed by atoms with Crippen molar-refractivity contribution in [1.82, 2.24) is 14.5 Å². The molecule has 2 aromatic heterocycles. The van der Waals surface area contributed by atoms with Crippen molar-refractivity contribution in [1.29, 1.82) is 0 Å². The zero-order valence-corrected chi connectivity index (χ0v) is 17.4. The molecule has 162 valence electrons. The maximum Gasteiger partial charge on any atom is 0.289 e. The van der Waals surface area contributed by atoms with E-state index in [1.807, 2.05) is 0 Å². The SMILES string of the molecule is O=C(c1ccc(S(=O)(=O)NCc2ccco2)cc1)N1CCN(C(=O)c2ccco2)CC1. The first-order valence-corrected chi connectivity index (χ1v) is 11.2. The Balaban J connectivity index is 1.35. The summed E-state index contributed by atoms with van der Waals surface area (Å²) in [6.45, 7) is 1.60. The molecule has 4 rings (SSSR count). The van der Waals surface area contributed by atoms with Gasteiger partial charge in [0.25, 0.3) is 11.8 Å². The van der Waals surface area contributed by atoms with Gasteiger partial charge in [-0.1, -0.05) is 0 Å². The molecule has 9 nitrogen and oxygen atoms in total. The molecule has 1 aliphatic rings. The summed E-state index contributed by atoms with van der Waals surface area (Å²) in [5.74, 6) is 0.364. The maximum absolute atomic E-state index is 12.8. The molecule has 2 amide bonds. The zero-order valence-electron chi connectivity index (χ0n) is 16.6. The summed E-state index contributed by atoms with van der Waals surface area (Å²) >= 11 is 0. The minimum Gasteiger partial charge on any atom is -0.468 e. The summed E-state index contributed by atoms with van der Waals surface area (Å²) in [6, 6.07) is 12.4. The normalized spacial score (nSPS) is 14.6. The van der Waals surface area contributed by atoms with Gasteiger partial charge in [-0.3, -0.25) is 9.59 Å². The van der Waals surface area contributed by atoms with E-state index in [1.54, 1.807) is 34.1 Å². The fourth-order valence-electron chi connectivity index (χ4n) is 3.29. The number of nitrogens with zero attached hydrogens (tertiary/aromatic N) is 2. The summed E-state index contributed by atoms with van der Waals surface area (Å²) in [4.78, 5) is 28.4. The van der Waals surface area contributed by atoms with Gasteiger partial charge in [-0.15, -0.1) is 0 Å². The summed E-state index contributed by atoms with van der Waals surface area (Å²) in [7, 11) is -3.73. The molecular formula is C21H21N3O6S. The third-order valence-electron chi connectivity index (χ3n) is 5.01. The van der Waals surface area contributed by atoms with Crippen LogP contribution in [0, 0.1) is 0 Å². The Labute approximate surface area is 179 Å². The van der Waals surface area contributed by atoms with E-state index in [2.05, 4.69) is 4.72 Å². The molecule has 0 aliphatic carbocycles. The van der Waals surface area contributed by atoms with Crippen molar-refractivity contribution in [3.05, 3.63) is 78.1 Å². The molecule has 0 spiro atoms. The topological polar surface area (TPSA) is 113 Å². The van der Waals surface area contributed by atoms with E-state index in [9.17, 15) is 18.0 Å². The number of benzene rings is 1. The predicted octanol–water partition coefficient (Wildman–Crippen LogP) is 1.95. The lowest BCUT2D eigenvalue weighted by Gasteiger charge is -2.34. The fourth-order valence-corrected chi connectivity index (χ4v) is 4.28. The molecular weight excluding hydrogens is 422 g/mol. The molecule has 3 heterocycles. The van der Waals surface area contributed by atoms with Gasteiger partial charge in [0.2, 0.25) is 10.0 Å². The smallest absolute Gasteiger partial charge is 0.289 e. The fraction of sp³-hybridized carbons (Fsp3) is 0.238. The van der Waals surface area contributed by atoms with Crippen LogP contribution >= 0.6 is 0 Å². The van der Waals surface area contributed by atoms with Gasteiger partial charge in [-0.25, -0.2) is 13.1 Å². The van der Waals surface area contributed by atoms with Crippen LogP contribution < -0.4 is 4.72 Å². The Bertz CT molecular complexity index is 1130. The second-order valence-electron chi connectivity index (χ2n) is 6.99. The van der Waals surface area contributed by atoms with E-state index in [0.717, 1.165) is 0 Å². The van der Waals surface area contributed by atoms with Crippen molar-refractivity contribution in [3.8, 4) is 0 Å². The van der Waals surface area contributed by atoms with Crippen LogP contribution in [-0.4, -0.2) is 56.2 Å². The lowest BCUT2D eigenvalue weighted by atomic mass is 10.2. The van der Waals surface area contributed by atoms with Crippen molar-refractivity contribution in [2.75, 3.05) is 26.2 Å². The second kappa shape index (κ2) is 8.78. The number of hydrogen-bond acceptors (Lipinski definition) is 6. The Morgan fingerprint density at radius 2 is 1.45 bits per heavy atom. The molecule has 0 saturated carbocycles. The molecule has 0 radical (unpaired) electrons. The van der Waals surface area contributed by atoms with Crippen LogP contribution in [0.2, 0.25) is 0 Å². The van der Waals surface area contributed by atoms with Gasteiger partial charge >= 0.3 is 0 Å². The average molecular weight is 443 g/mol. The van der Waals surface area contributed by atoms with Crippen LogP contribution in [0.3, 0.4) is 0 Å². The lowest BCUT2D eigenvalue weighted by molar-refractivity contribution is 0.0518. The average Bonchev–Trinajstić information content (AvgIpc) is 3.51. The van der Waals surface area contributed by atoms with E-state index >= 15 is 0 Å². The van der Waals surface area contributed by atoms with Gasteiger partial charge < -0.3 is 18.6 Å². The first-order chi connectivity index (χ1) is 14.9. The van der Waals surface area contributed by atoms with Crippen LogP contribution in [0.25, 0.3) is 0 Å². The summed E-state index contributed by atoms with van der Waals surface area (Å²) < 4.78 is 37.5. The Morgan fingerprint density at radius 1 is 0.839 bits per heavy atom. The molecule has 1 fully saturated rings. The molecule has 10 heteroatoms. The number of carbonyl (C=O) groups is 2. The van der Waals surface area contributed by atoms with Gasteiger partial charge in [0, 0.05) is 31.7 Å². The van der Waals surface area contributed by atoms with Crippen LogP contribution in [-0.2, 0) is 16.6 Å². The Kier molecular flexibility index (Phi) is 5.92. The standard InChI is InChI=1S/C21H21N3O6S/c25-20(23-9-11-24(12-10-23)21(26)19-4-2-14-30-19)16-5-7-18(8-6-16)31(27,28)22-15-17-3-1-13-29-17/h1-8,13-14,22H,9-12,15H2. The van der Waals surface area contributed by atoms with Crippen molar-refractivity contribution in [2.45, 2.75) is 11.4 Å². The molecule has 31 heavy (non-hydrogen) atoms. The molecule has 1 N–H and O–H groups in total. The molecule has 0 unspecified atom stereocenters. The van der Waals surface area contributed by atoms with Gasteiger partial charge in [0.1, 0.15) is 5.76 Å². The number of nitrogens with one attached hydrogen (secondary N) is 1. The number of rotatable bonds is 6. The minimum absolute atomic E-state index is 0.0387. The first kappa shape index (κ1) is 20.9. The van der Waals surface area contributed by atoms with Gasteiger partial charge in [0.05, 0.1) is 24.0 Å². The number of sulfonamides is 1. The van der Waals surface area contributed by atoms with Crippen LogP contribution in [0.5, 0.6) is 0 Å². The minimum atomic E-state index is -3.73. The highest BCUT2D eigenvalue weighted by Crippen LogP contribution is 2.15. The maximum atomic E-state index is 12.8. The zero-order chi connectivity index (χ0) is 21.8. The van der Waals surface area contributed by atoms with Crippen molar-refractivity contribution in [2.24, 2.45) is 0 Å². The van der Waals surface area contributed by atoms with E-state index < -0.39 is 10.0 Å². The number of piperazine rings is 1. The van der Waals surface area contributed by atoms with Crippen molar-refractivity contribution < 1.29 is 26.8 Å². The van der Waals surface area contributed by atoms with Crippen LogP contribution in [0.4, 0.5) is 0 Å². The lowest BCUT2D eigenvalue weighted by Crippen LogP contribution is -2.50. The van der Waals surface area contributed by atoms with E-state index in [4.69, 9.17) is 8.83 Å². The quantitative estimate of drug-likeness (QED) is 0.623. The third-order valence-corrected chi connectivity index (χ3v) is 6.43. The van der Waals surface area contributed by atoms with Crippen LogP contribution in [0.15, 0.2) is 74.8 Å². The molecule has 3 aromatic rings. The van der Waals surface area contributed by atoms with E-state index in [-0.39, 0.29) is 29.0 Å². The second-order valence-corrected chi connectivity index (χ2v) is 8.76. The largest absolute Gasteiger partial charge is 0.468 e. The summed E-state index contributed by atoms with van der Waals surface area (Å²) in [5, 5.41) is 0. The molecule has 0 atom stereocenters. The number of hydrogen-bond donors (Lipinski definition) is 1. The monoisotopic (exact) mass is 443 g/mol. The van der Waals surface area contributed by atoms with Crippen molar-refractivity contribution >= 4 is 21.8 Å². The molecule has 1 saturated heterocycles. The van der Waals surface area contributed by atoms with Crippen LogP contribution in [0.1, 0.15) is 26.7 Å². The van der Waals surface area contributed by atoms with E-state index in [1.165, 1.54) is 36.8 Å². The Hall–Kier alpha value is -3.37. The highest BCUT2D eigenvalue weighted by Gasteiger charge is 2.27. The Morgan fingerprint density at radius 3 is 2.03 bits per heavy atom. The van der Waals surface area contributed by atoms with Gasteiger partial charge in [-0.2, -0.15) is 0 Å². The molecule has 1 aliphatic heterocycles. The van der Waals surface area contributed by atoms with Gasteiger partial charge in [-0.05, 0) is 48.5 Å². The number of furan rings is 2. The van der Waals surface area contributed by atoms with E-state index in [0.29, 0.717) is 37.5 Å². The van der Waals surface area contributed by atoms with Crippen molar-refractivity contribution in [3.63, 3.8) is 0 Å². The highest BCUT2D eigenvalue weighted by molar-refractivity contribution is 7.89. The number of amides is 2. The molecule has 1 aromatic carbocycles.